The summed E-state index contributed by atoms with van der Waals surface area (Å²) in [5.41, 5.74) is 6.60. The van der Waals surface area contributed by atoms with Gasteiger partial charge in [0.25, 0.3) is 0 Å². The molecular weight excluding hydrogens is 316 g/mol. The van der Waals surface area contributed by atoms with Crippen molar-refractivity contribution in [3.63, 3.8) is 0 Å². The minimum Gasteiger partial charge on any atom is -0.353 e. The minimum atomic E-state index is -0.423. The Morgan fingerprint density at radius 3 is 2.30 bits per heavy atom. The highest BCUT2D eigenvalue weighted by atomic mass is 79.9. The van der Waals surface area contributed by atoms with E-state index in [0.717, 1.165) is 23.7 Å². The van der Waals surface area contributed by atoms with Crippen molar-refractivity contribution >= 4 is 21.8 Å². The zero-order chi connectivity index (χ0) is 15.2. The van der Waals surface area contributed by atoms with Crippen LogP contribution in [0.4, 0.5) is 0 Å². The molecule has 1 atom stereocenters. The van der Waals surface area contributed by atoms with Crippen molar-refractivity contribution in [1.29, 1.82) is 0 Å². The predicted octanol–water partition coefficient (Wildman–Crippen LogP) is 3.26. The fourth-order valence-corrected chi connectivity index (χ4v) is 2.62. The first-order valence-corrected chi connectivity index (χ1v) is 8.02. The Kier molecular flexibility index (Phi) is 6.69. The lowest BCUT2D eigenvalue weighted by atomic mass is 9.81. The summed E-state index contributed by atoms with van der Waals surface area (Å²) in [7, 11) is 0. The standard InChI is InChI=1S/C16H25BrN2O/c1-4-16(5-2,11-18)15(20)19-12(3)10-13-6-8-14(17)9-7-13/h6-9,12H,4-5,10-11,18H2,1-3H3,(H,19,20). The van der Waals surface area contributed by atoms with Gasteiger partial charge in [-0.2, -0.15) is 0 Å². The molecule has 1 amide bonds. The largest absolute Gasteiger partial charge is 0.353 e. The third kappa shape index (κ3) is 4.32. The maximum atomic E-state index is 12.4. The topological polar surface area (TPSA) is 55.1 Å². The summed E-state index contributed by atoms with van der Waals surface area (Å²) >= 11 is 3.42. The molecule has 0 aromatic heterocycles. The average Bonchev–Trinajstić information content (AvgIpc) is 2.44. The second-order valence-corrected chi connectivity index (χ2v) is 6.31. The number of carbonyl (C=O) groups is 1. The molecule has 4 heteroatoms. The first-order valence-electron chi connectivity index (χ1n) is 7.23. The van der Waals surface area contributed by atoms with Gasteiger partial charge in [0.15, 0.2) is 0 Å². The van der Waals surface area contributed by atoms with Crippen molar-refractivity contribution < 1.29 is 4.79 Å². The summed E-state index contributed by atoms with van der Waals surface area (Å²) in [4.78, 5) is 12.4. The maximum absolute atomic E-state index is 12.4. The molecule has 1 aromatic carbocycles. The van der Waals surface area contributed by atoms with Gasteiger partial charge in [-0.25, -0.2) is 0 Å². The highest BCUT2D eigenvalue weighted by molar-refractivity contribution is 9.10. The molecule has 0 aliphatic carbocycles. The molecule has 1 unspecified atom stereocenters. The molecular formula is C16H25BrN2O. The number of benzene rings is 1. The summed E-state index contributed by atoms with van der Waals surface area (Å²) in [5, 5.41) is 3.11. The molecule has 0 saturated carbocycles. The highest BCUT2D eigenvalue weighted by Crippen LogP contribution is 2.25. The van der Waals surface area contributed by atoms with E-state index < -0.39 is 5.41 Å². The van der Waals surface area contributed by atoms with Crippen LogP contribution >= 0.6 is 15.9 Å². The third-order valence-corrected chi connectivity index (χ3v) is 4.59. The Bertz CT molecular complexity index is 418. The number of hydrogen-bond acceptors (Lipinski definition) is 2. The van der Waals surface area contributed by atoms with E-state index >= 15 is 0 Å². The van der Waals surface area contributed by atoms with Crippen molar-refractivity contribution in [3.05, 3.63) is 34.3 Å². The summed E-state index contributed by atoms with van der Waals surface area (Å²) in [6, 6.07) is 8.29. The number of nitrogens with two attached hydrogens (primary N) is 1. The van der Waals surface area contributed by atoms with E-state index in [2.05, 4.69) is 33.4 Å². The molecule has 0 aliphatic rings. The number of rotatable bonds is 7. The molecule has 0 spiro atoms. The normalized spacial score (nSPS) is 13.1. The second-order valence-electron chi connectivity index (χ2n) is 5.40. The summed E-state index contributed by atoms with van der Waals surface area (Å²) in [6.07, 6.45) is 2.38. The SMILES string of the molecule is CCC(CC)(CN)C(=O)NC(C)Cc1ccc(Br)cc1. The van der Waals surface area contributed by atoms with E-state index in [1.807, 2.05) is 32.9 Å². The van der Waals surface area contributed by atoms with Crippen LogP contribution in [-0.2, 0) is 11.2 Å². The van der Waals surface area contributed by atoms with Crippen molar-refractivity contribution in [1.82, 2.24) is 5.32 Å². The van der Waals surface area contributed by atoms with Crippen LogP contribution in [0, 0.1) is 5.41 Å². The maximum Gasteiger partial charge on any atom is 0.227 e. The highest BCUT2D eigenvalue weighted by Gasteiger charge is 2.33. The lowest BCUT2D eigenvalue weighted by Gasteiger charge is -2.30. The molecule has 3 N–H and O–H groups in total. The lowest BCUT2D eigenvalue weighted by molar-refractivity contribution is -0.131. The first kappa shape index (κ1) is 17.2. The van der Waals surface area contributed by atoms with Gasteiger partial charge in [-0.1, -0.05) is 41.9 Å². The van der Waals surface area contributed by atoms with Gasteiger partial charge in [0, 0.05) is 17.1 Å². The van der Waals surface area contributed by atoms with Gasteiger partial charge >= 0.3 is 0 Å². The average molecular weight is 341 g/mol. The quantitative estimate of drug-likeness (QED) is 0.800. The molecule has 3 nitrogen and oxygen atoms in total. The van der Waals surface area contributed by atoms with E-state index in [4.69, 9.17) is 5.73 Å². The van der Waals surface area contributed by atoms with Gasteiger partial charge in [0.05, 0.1) is 5.41 Å². The molecule has 1 rings (SSSR count). The molecule has 0 aliphatic heterocycles. The second kappa shape index (κ2) is 7.79. The Morgan fingerprint density at radius 2 is 1.85 bits per heavy atom. The number of halogens is 1. The number of amides is 1. The fraction of sp³-hybridized carbons (Fsp3) is 0.562. The summed E-state index contributed by atoms with van der Waals surface area (Å²) in [6.45, 7) is 6.48. The van der Waals surface area contributed by atoms with Crippen molar-refractivity contribution in [3.8, 4) is 0 Å². The van der Waals surface area contributed by atoms with Crippen LogP contribution in [0.25, 0.3) is 0 Å². The first-order chi connectivity index (χ1) is 9.47. The van der Waals surface area contributed by atoms with E-state index in [1.54, 1.807) is 0 Å². The zero-order valence-corrected chi connectivity index (χ0v) is 14.2. The van der Waals surface area contributed by atoms with Crippen LogP contribution < -0.4 is 11.1 Å². The number of carbonyl (C=O) groups excluding carboxylic acids is 1. The van der Waals surface area contributed by atoms with Crippen LogP contribution in [0.2, 0.25) is 0 Å². The Hall–Kier alpha value is -0.870. The fourth-order valence-electron chi connectivity index (χ4n) is 2.35. The zero-order valence-electron chi connectivity index (χ0n) is 12.6. The van der Waals surface area contributed by atoms with E-state index in [-0.39, 0.29) is 11.9 Å². The van der Waals surface area contributed by atoms with Crippen LogP contribution in [0.15, 0.2) is 28.7 Å². The van der Waals surface area contributed by atoms with Crippen LogP contribution in [-0.4, -0.2) is 18.5 Å². The van der Waals surface area contributed by atoms with Gasteiger partial charge in [-0.05, 0) is 43.9 Å². The van der Waals surface area contributed by atoms with Gasteiger partial charge in [-0.3, -0.25) is 4.79 Å². The molecule has 0 heterocycles. The van der Waals surface area contributed by atoms with E-state index in [1.165, 1.54) is 5.56 Å². The van der Waals surface area contributed by atoms with Gasteiger partial charge in [0.2, 0.25) is 5.91 Å². The van der Waals surface area contributed by atoms with Crippen molar-refractivity contribution in [2.45, 2.75) is 46.1 Å². The van der Waals surface area contributed by atoms with Crippen molar-refractivity contribution in [2.75, 3.05) is 6.54 Å². The Labute approximate surface area is 130 Å². The van der Waals surface area contributed by atoms with Crippen LogP contribution in [0.3, 0.4) is 0 Å². The van der Waals surface area contributed by atoms with Gasteiger partial charge < -0.3 is 11.1 Å². The molecule has 0 radical (unpaired) electrons. The van der Waals surface area contributed by atoms with E-state index in [0.29, 0.717) is 6.54 Å². The molecule has 1 aromatic rings. The lowest BCUT2D eigenvalue weighted by Crippen LogP contribution is -2.48. The third-order valence-electron chi connectivity index (χ3n) is 4.06. The monoisotopic (exact) mass is 340 g/mol. The van der Waals surface area contributed by atoms with E-state index in [9.17, 15) is 4.79 Å². The molecule has 112 valence electrons. The molecule has 0 fully saturated rings. The molecule has 0 bridgehead atoms. The summed E-state index contributed by atoms with van der Waals surface area (Å²) < 4.78 is 1.07. The van der Waals surface area contributed by atoms with Crippen LogP contribution in [0.1, 0.15) is 39.2 Å². The minimum absolute atomic E-state index is 0.0783. The number of nitrogens with one attached hydrogen (secondary N) is 1. The van der Waals surface area contributed by atoms with Gasteiger partial charge in [0.1, 0.15) is 0 Å². The molecule has 0 saturated heterocycles. The smallest absolute Gasteiger partial charge is 0.227 e. The number of hydrogen-bond donors (Lipinski definition) is 2. The van der Waals surface area contributed by atoms with Crippen molar-refractivity contribution in [2.24, 2.45) is 11.1 Å². The Morgan fingerprint density at radius 1 is 1.30 bits per heavy atom. The summed E-state index contributed by atoms with van der Waals surface area (Å²) in [5.74, 6) is 0.0783. The predicted molar refractivity (Wildman–Crippen MR) is 87.5 cm³/mol. The van der Waals surface area contributed by atoms with Crippen LogP contribution in [0.5, 0.6) is 0 Å². The Balaban J connectivity index is 2.63. The molecule has 20 heavy (non-hydrogen) atoms. The van der Waals surface area contributed by atoms with Gasteiger partial charge in [-0.15, -0.1) is 0 Å².